The molecule has 3 aromatic rings. The highest BCUT2D eigenvalue weighted by molar-refractivity contribution is 7.80. The monoisotopic (exact) mass is 458 g/mol. The second kappa shape index (κ2) is 9.13. The standard InChI is InChI=1S/C22H20ClFN4O2S/c1-13-18(21-26-20(27-30-21)14-6-8-17(24)9-7-14)19(15-4-3-5-16(23)12-15)25-22(31)28(13)10-11-29-2/h3-9,12,19H,10-11H2,1-2H3,(H,25,31). The Morgan fingerprint density at radius 3 is 2.74 bits per heavy atom. The van der Waals surface area contributed by atoms with Crippen molar-refractivity contribution in [3.05, 3.63) is 76.5 Å². The van der Waals surface area contributed by atoms with Crippen LogP contribution in [0.4, 0.5) is 4.39 Å². The molecule has 0 amide bonds. The van der Waals surface area contributed by atoms with Gasteiger partial charge in [0.25, 0.3) is 5.89 Å². The summed E-state index contributed by atoms with van der Waals surface area (Å²) in [5.41, 5.74) is 3.23. The summed E-state index contributed by atoms with van der Waals surface area (Å²) in [6.45, 7) is 3.02. The normalized spacial score (nSPS) is 16.6. The molecule has 1 aliphatic heterocycles. The maximum atomic E-state index is 13.3. The molecule has 2 aromatic carbocycles. The lowest BCUT2D eigenvalue weighted by atomic mass is 9.95. The fourth-order valence-corrected chi connectivity index (χ4v) is 4.04. The van der Waals surface area contributed by atoms with E-state index in [0.29, 0.717) is 40.6 Å². The van der Waals surface area contributed by atoms with E-state index >= 15 is 0 Å². The Bertz CT molecular complexity index is 1130. The van der Waals surface area contributed by atoms with Crippen LogP contribution < -0.4 is 5.32 Å². The average Bonchev–Trinajstić information content (AvgIpc) is 3.23. The van der Waals surface area contributed by atoms with E-state index in [1.54, 1.807) is 19.2 Å². The van der Waals surface area contributed by atoms with Crippen molar-refractivity contribution in [3.63, 3.8) is 0 Å². The van der Waals surface area contributed by atoms with Crippen molar-refractivity contribution < 1.29 is 13.7 Å². The van der Waals surface area contributed by atoms with Gasteiger partial charge in [-0.15, -0.1) is 0 Å². The van der Waals surface area contributed by atoms with Crippen LogP contribution in [-0.2, 0) is 4.74 Å². The average molecular weight is 459 g/mol. The summed E-state index contributed by atoms with van der Waals surface area (Å²) >= 11 is 11.9. The molecule has 1 N–H and O–H groups in total. The molecule has 1 aromatic heterocycles. The maximum absolute atomic E-state index is 13.3. The number of methoxy groups -OCH3 is 1. The number of benzene rings is 2. The molecule has 9 heteroatoms. The zero-order chi connectivity index (χ0) is 22.0. The van der Waals surface area contributed by atoms with Gasteiger partial charge < -0.3 is 19.5 Å². The van der Waals surface area contributed by atoms with E-state index in [-0.39, 0.29) is 11.9 Å². The summed E-state index contributed by atoms with van der Waals surface area (Å²) in [6, 6.07) is 13.1. The van der Waals surface area contributed by atoms with Crippen molar-refractivity contribution >= 4 is 34.5 Å². The zero-order valence-electron chi connectivity index (χ0n) is 16.9. The number of nitrogens with zero attached hydrogens (tertiary/aromatic N) is 3. The van der Waals surface area contributed by atoms with Crippen molar-refractivity contribution in [2.45, 2.75) is 13.0 Å². The van der Waals surface area contributed by atoms with Gasteiger partial charge in [-0.05, 0) is 61.1 Å². The topological polar surface area (TPSA) is 63.4 Å². The minimum Gasteiger partial charge on any atom is -0.383 e. The summed E-state index contributed by atoms with van der Waals surface area (Å²) in [5, 5.41) is 8.65. The van der Waals surface area contributed by atoms with E-state index in [4.69, 9.17) is 33.1 Å². The second-order valence-corrected chi connectivity index (χ2v) is 7.83. The Balaban J connectivity index is 1.80. The van der Waals surface area contributed by atoms with Crippen molar-refractivity contribution in [1.82, 2.24) is 20.4 Å². The van der Waals surface area contributed by atoms with Gasteiger partial charge in [0, 0.05) is 29.9 Å². The van der Waals surface area contributed by atoms with Crippen molar-refractivity contribution in [2.24, 2.45) is 0 Å². The van der Waals surface area contributed by atoms with Crippen LogP contribution in [-0.4, -0.2) is 40.4 Å². The zero-order valence-corrected chi connectivity index (χ0v) is 18.5. The van der Waals surface area contributed by atoms with E-state index in [9.17, 15) is 4.39 Å². The number of halogens is 2. The second-order valence-electron chi connectivity index (χ2n) is 7.01. The predicted octanol–water partition coefficient (Wildman–Crippen LogP) is 4.84. The SMILES string of the molecule is COCCN1C(=S)NC(c2cccc(Cl)c2)C(c2nc(-c3ccc(F)cc3)no2)=C1C. The van der Waals surface area contributed by atoms with Gasteiger partial charge in [-0.2, -0.15) is 4.98 Å². The van der Waals surface area contributed by atoms with E-state index in [0.717, 1.165) is 16.8 Å². The fourth-order valence-electron chi connectivity index (χ4n) is 3.50. The van der Waals surface area contributed by atoms with Crippen LogP contribution in [0.15, 0.2) is 58.8 Å². The lowest BCUT2D eigenvalue weighted by Gasteiger charge is -2.37. The van der Waals surface area contributed by atoms with Gasteiger partial charge in [-0.3, -0.25) is 0 Å². The highest BCUT2D eigenvalue weighted by Gasteiger charge is 2.34. The lowest BCUT2D eigenvalue weighted by molar-refractivity contribution is 0.183. The van der Waals surface area contributed by atoms with Crippen LogP contribution in [0.3, 0.4) is 0 Å². The molecule has 0 fully saturated rings. The van der Waals surface area contributed by atoms with Gasteiger partial charge in [0.2, 0.25) is 5.82 Å². The predicted molar refractivity (Wildman–Crippen MR) is 121 cm³/mol. The van der Waals surface area contributed by atoms with Gasteiger partial charge >= 0.3 is 0 Å². The summed E-state index contributed by atoms with van der Waals surface area (Å²) in [6.07, 6.45) is 0. The molecule has 1 unspecified atom stereocenters. The summed E-state index contributed by atoms with van der Waals surface area (Å²) in [7, 11) is 1.64. The number of thiocarbonyl (C=S) groups is 1. The van der Waals surface area contributed by atoms with Crippen LogP contribution in [0, 0.1) is 5.82 Å². The summed E-state index contributed by atoms with van der Waals surface area (Å²) in [5.74, 6) is 0.391. The van der Waals surface area contributed by atoms with Gasteiger partial charge in [-0.25, -0.2) is 4.39 Å². The van der Waals surface area contributed by atoms with Gasteiger partial charge in [0.15, 0.2) is 5.11 Å². The molecule has 1 aliphatic rings. The molecule has 1 atom stereocenters. The largest absolute Gasteiger partial charge is 0.383 e. The minimum atomic E-state index is -0.328. The molecular formula is C22H20ClFN4O2S. The molecule has 0 spiro atoms. The molecule has 31 heavy (non-hydrogen) atoms. The number of hydrogen-bond acceptors (Lipinski definition) is 5. The molecule has 4 rings (SSSR count). The van der Waals surface area contributed by atoms with E-state index < -0.39 is 0 Å². The van der Waals surface area contributed by atoms with Crippen LogP contribution in [0.2, 0.25) is 5.02 Å². The van der Waals surface area contributed by atoms with Gasteiger partial charge in [-0.1, -0.05) is 28.9 Å². The quantitative estimate of drug-likeness (QED) is 0.530. The van der Waals surface area contributed by atoms with E-state index in [1.165, 1.54) is 12.1 Å². The number of aromatic nitrogens is 2. The maximum Gasteiger partial charge on any atom is 0.258 e. The van der Waals surface area contributed by atoms with E-state index in [2.05, 4.69) is 15.5 Å². The lowest BCUT2D eigenvalue weighted by Crippen LogP contribution is -2.47. The third-order valence-corrected chi connectivity index (χ3v) is 5.63. The molecule has 160 valence electrons. The van der Waals surface area contributed by atoms with Crippen molar-refractivity contribution in [2.75, 3.05) is 20.3 Å². The number of rotatable bonds is 6. The Kier molecular flexibility index (Phi) is 6.31. The highest BCUT2D eigenvalue weighted by atomic mass is 35.5. The smallest absolute Gasteiger partial charge is 0.258 e. The van der Waals surface area contributed by atoms with E-state index in [1.807, 2.05) is 36.1 Å². The molecular weight excluding hydrogens is 439 g/mol. The first-order chi connectivity index (χ1) is 15.0. The highest BCUT2D eigenvalue weighted by Crippen LogP contribution is 2.37. The van der Waals surface area contributed by atoms with Crippen LogP contribution in [0.1, 0.15) is 24.4 Å². The Morgan fingerprint density at radius 1 is 1.26 bits per heavy atom. The third-order valence-electron chi connectivity index (χ3n) is 5.06. The number of hydrogen-bond donors (Lipinski definition) is 1. The first-order valence-corrected chi connectivity index (χ1v) is 10.4. The molecule has 6 nitrogen and oxygen atoms in total. The third kappa shape index (κ3) is 4.46. The molecule has 0 saturated heterocycles. The molecule has 2 heterocycles. The Labute approximate surface area is 189 Å². The Hall–Kier alpha value is -2.81. The Morgan fingerprint density at radius 2 is 2.03 bits per heavy atom. The number of allylic oxidation sites excluding steroid dienone is 1. The molecule has 0 aliphatic carbocycles. The van der Waals surface area contributed by atoms with Gasteiger partial charge in [0.05, 0.1) is 18.2 Å². The summed E-state index contributed by atoms with van der Waals surface area (Å²) in [4.78, 5) is 6.53. The molecule has 0 saturated carbocycles. The van der Waals surface area contributed by atoms with Crippen LogP contribution >= 0.6 is 23.8 Å². The number of nitrogens with one attached hydrogen (secondary N) is 1. The van der Waals surface area contributed by atoms with Gasteiger partial charge in [0.1, 0.15) is 5.82 Å². The van der Waals surface area contributed by atoms with Crippen molar-refractivity contribution in [1.29, 1.82) is 0 Å². The summed E-state index contributed by atoms with van der Waals surface area (Å²) < 4.78 is 24.2. The first-order valence-electron chi connectivity index (χ1n) is 9.61. The number of ether oxygens (including phenoxy) is 1. The van der Waals surface area contributed by atoms with Crippen LogP contribution in [0.25, 0.3) is 17.0 Å². The van der Waals surface area contributed by atoms with Crippen molar-refractivity contribution in [3.8, 4) is 11.4 Å². The van der Waals surface area contributed by atoms with Crippen LogP contribution in [0.5, 0.6) is 0 Å². The first kappa shape index (κ1) is 21.4. The molecule has 0 radical (unpaired) electrons. The minimum absolute atomic E-state index is 0.327. The fraction of sp³-hybridized carbons (Fsp3) is 0.227. The molecule has 0 bridgehead atoms.